The van der Waals surface area contributed by atoms with E-state index in [2.05, 4.69) is 15.5 Å². The standard InChI is InChI=1S/C18H25N5O2/c1-18(2,3)16-21-15(22-25-16)13-6-4-12(5-7-13)10-20-17(24)23-9-8-14(19)11-23/h4-7,14H,8-11,19H2,1-3H3,(H,20,24). The molecule has 134 valence electrons. The number of likely N-dealkylation sites (tertiary alicyclic amines) is 1. The average molecular weight is 343 g/mol. The summed E-state index contributed by atoms with van der Waals surface area (Å²) in [6.45, 7) is 7.92. The molecule has 1 aromatic heterocycles. The van der Waals surface area contributed by atoms with Crippen LogP contribution in [0.15, 0.2) is 28.8 Å². The summed E-state index contributed by atoms with van der Waals surface area (Å²) < 4.78 is 5.32. The van der Waals surface area contributed by atoms with E-state index in [0.717, 1.165) is 24.1 Å². The van der Waals surface area contributed by atoms with Crippen LogP contribution in [-0.4, -0.2) is 40.2 Å². The summed E-state index contributed by atoms with van der Waals surface area (Å²) in [7, 11) is 0. The number of hydrogen-bond donors (Lipinski definition) is 2. The highest BCUT2D eigenvalue weighted by Gasteiger charge is 2.23. The second-order valence-electron chi connectivity index (χ2n) is 7.52. The Kier molecular flexibility index (Phi) is 4.76. The fraction of sp³-hybridized carbons (Fsp3) is 0.500. The molecular weight excluding hydrogens is 318 g/mol. The van der Waals surface area contributed by atoms with E-state index in [-0.39, 0.29) is 17.5 Å². The van der Waals surface area contributed by atoms with Gasteiger partial charge < -0.3 is 20.5 Å². The number of nitrogens with one attached hydrogen (secondary N) is 1. The number of urea groups is 1. The maximum absolute atomic E-state index is 12.1. The van der Waals surface area contributed by atoms with Crippen LogP contribution in [0.3, 0.4) is 0 Å². The molecule has 0 saturated carbocycles. The van der Waals surface area contributed by atoms with Crippen LogP contribution < -0.4 is 11.1 Å². The quantitative estimate of drug-likeness (QED) is 0.891. The molecule has 0 spiro atoms. The van der Waals surface area contributed by atoms with Crippen LogP contribution >= 0.6 is 0 Å². The molecule has 1 saturated heterocycles. The van der Waals surface area contributed by atoms with Crippen molar-refractivity contribution >= 4 is 6.03 Å². The molecule has 1 atom stereocenters. The Balaban J connectivity index is 1.59. The minimum absolute atomic E-state index is 0.0648. The number of hydrogen-bond acceptors (Lipinski definition) is 5. The van der Waals surface area contributed by atoms with Gasteiger partial charge in [-0.1, -0.05) is 50.2 Å². The molecule has 3 rings (SSSR count). The van der Waals surface area contributed by atoms with Crippen molar-refractivity contribution < 1.29 is 9.32 Å². The maximum atomic E-state index is 12.1. The number of amides is 2. The van der Waals surface area contributed by atoms with Gasteiger partial charge in [0.15, 0.2) is 0 Å². The van der Waals surface area contributed by atoms with Crippen LogP contribution in [0.25, 0.3) is 11.4 Å². The summed E-state index contributed by atoms with van der Waals surface area (Å²) in [5.74, 6) is 1.19. The van der Waals surface area contributed by atoms with E-state index in [1.54, 1.807) is 4.90 Å². The van der Waals surface area contributed by atoms with Gasteiger partial charge in [-0.2, -0.15) is 4.98 Å². The van der Waals surface area contributed by atoms with Crippen molar-refractivity contribution in [2.45, 2.75) is 45.2 Å². The van der Waals surface area contributed by atoms with Crippen LogP contribution in [0.4, 0.5) is 4.79 Å². The Bertz CT molecular complexity index is 733. The molecular formula is C18H25N5O2. The monoisotopic (exact) mass is 343 g/mol. The van der Waals surface area contributed by atoms with Gasteiger partial charge in [-0.05, 0) is 12.0 Å². The summed E-state index contributed by atoms with van der Waals surface area (Å²) in [6.07, 6.45) is 0.864. The lowest BCUT2D eigenvalue weighted by Gasteiger charge is -2.16. The molecule has 1 aliphatic heterocycles. The zero-order valence-electron chi connectivity index (χ0n) is 15.0. The van der Waals surface area contributed by atoms with E-state index in [1.807, 2.05) is 45.0 Å². The number of aromatic nitrogens is 2. The van der Waals surface area contributed by atoms with Gasteiger partial charge in [-0.15, -0.1) is 0 Å². The van der Waals surface area contributed by atoms with Gasteiger partial charge >= 0.3 is 6.03 Å². The first-order chi connectivity index (χ1) is 11.8. The molecule has 2 aromatic rings. The Morgan fingerprint density at radius 2 is 2.08 bits per heavy atom. The van der Waals surface area contributed by atoms with Crippen molar-refractivity contribution in [3.05, 3.63) is 35.7 Å². The molecule has 1 aromatic carbocycles. The predicted octanol–water partition coefficient (Wildman–Crippen LogP) is 2.28. The molecule has 1 fully saturated rings. The number of carbonyl (C=O) groups is 1. The first-order valence-electron chi connectivity index (χ1n) is 8.55. The first kappa shape index (κ1) is 17.4. The summed E-state index contributed by atoms with van der Waals surface area (Å²) in [5, 5.41) is 6.97. The first-order valence-corrected chi connectivity index (χ1v) is 8.55. The van der Waals surface area contributed by atoms with Gasteiger partial charge in [0, 0.05) is 36.7 Å². The van der Waals surface area contributed by atoms with Gasteiger partial charge in [0.2, 0.25) is 11.7 Å². The van der Waals surface area contributed by atoms with Gasteiger partial charge in [0.1, 0.15) is 0 Å². The lowest BCUT2D eigenvalue weighted by atomic mass is 9.97. The normalized spacial score (nSPS) is 17.8. The SMILES string of the molecule is CC(C)(C)c1nc(-c2ccc(CNC(=O)N3CCC(N)C3)cc2)no1. The molecule has 3 N–H and O–H groups in total. The molecule has 2 amide bonds. The Hall–Kier alpha value is -2.41. The zero-order chi connectivity index (χ0) is 18.0. The maximum Gasteiger partial charge on any atom is 0.317 e. The molecule has 2 heterocycles. The van der Waals surface area contributed by atoms with Crippen molar-refractivity contribution in [3.8, 4) is 11.4 Å². The summed E-state index contributed by atoms with van der Waals surface area (Å²) in [4.78, 5) is 18.3. The third-order valence-electron chi connectivity index (χ3n) is 4.24. The summed E-state index contributed by atoms with van der Waals surface area (Å²) in [5.41, 5.74) is 7.56. The second kappa shape index (κ2) is 6.84. The largest absolute Gasteiger partial charge is 0.338 e. The van der Waals surface area contributed by atoms with E-state index in [0.29, 0.717) is 24.8 Å². The van der Waals surface area contributed by atoms with Crippen LogP contribution in [-0.2, 0) is 12.0 Å². The van der Waals surface area contributed by atoms with Crippen LogP contribution in [0.1, 0.15) is 38.6 Å². The van der Waals surface area contributed by atoms with Crippen LogP contribution in [0, 0.1) is 0 Å². The number of carbonyl (C=O) groups excluding carboxylic acids is 1. The van der Waals surface area contributed by atoms with Crippen molar-refractivity contribution in [2.75, 3.05) is 13.1 Å². The molecule has 0 radical (unpaired) electrons. The fourth-order valence-corrected chi connectivity index (χ4v) is 2.68. The number of nitrogens with zero attached hydrogens (tertiary/aromatic N) is 3. The highest BCUT2D eigenvalue weighted by Crippen LogP contribution is 2.23. The van der Waals surface area contributed by atoms with Crippen LogP contribution in [0.5, 0.6) is 0 Å². The van der Waals surface area contributed by atoms with Gasteiger partial charge in [-0.3, -0.25) is 0 Å². The van der Waals surface area contributed by atoms with Crippen molar-refractivity contribution in [1.29, 1.82) is 0 Å². The molecule has 7 nitrogen and oxygen atoms in total. The average Bonchev–Trinajstić information content (AvgIpc) is 3.22. The van der Waals surface area contributed by atoms with Crippen molar-refractivity contribution in [2.24, 2.45) is 5.73 Å². The Morgan fingerprint density at radius 1 is 1.36 bits per heavy atom. The lowest BCUT2D eigenvalue weighted by Crippen LogP contribution is -2.39. The summed E-state index contributed by atoms with van der Waals surface area (Å²) >= 11 is 0. The van der Waals surface area contributed by atoms with E-state index in [1.165, 1.54) is 0 Å². The third kappa shape index (κ3) is 4.17. The number of rotatable bonds is 3. The molecule has 0 bridgehead atoms. The van der Waals surface area contributed by atoms with E-state index < -0.39 is 0 Å². The van der Waals surface area contributed by atoms with Gasteiger partial charge in [0.25, 0.3) is 0 Å². The summed E-state index contributed by atoms with van der Waals surface area (Å²) in [6, 6.07) is 7.81. The Morgan fingerprint density at radius 3 is 2.64 bits per heavy atom. The second-order valence-corrected chi connectivity index (χ2v) is 7.52. The van der Waals surface area contributed by atoms with Crippen molar-refractivity contribution in [3.63, 3.8) is 0 Å². The van der Waals surface area contributed by atoms with E-state index in [4.69, 9.17) is 10.3 Å². The molecule has 7 heteroatoms. The van der Waals surface area contributed by atoms with E-state index in [9.17, 15) is 4.79 Å². The lowest BCUT2D eigenvalue weighted by molar-refractivity contribution is 0.208. The Labute approximate surface area is 147 Å². The molecule has 0 aliphatic carbocycles. The highest BCUT2D eigenvalue weighted by atomic mass is 16.5. The highest BCUT2D eigenvalue weighted by molar-refractivity contribution is 5.74. The molecule has 25 heavy (non-hydrogen) atoms. The fourth-order valence-electron chi connectivity index (χ4n) is 2.68. The predicted molar refractivity (Wildman–Crippen MR) is 94.8 cm³/mol. The molecule has 1 aliphatic rings. The van der Waals surface area contributed by atoms with E-state index >= 15 is 0 Å². The molecule has 1 unspecified atom stereocenters. The smallest absolute Gasteiger partial charge is 0.317 e. The van der Waals surface area contributed by atoms with Crippen LogP contribution in [0.2, 0.25) is 0 Å². The van der Waals surface area contributed by atoms with Gasteiger partial charge in [-0.25, -0.2) is 4.79 Å². The number of benzene rings is 1. The van der Waals surface area contributed by atoms with Crippen molar-refractivity contribution in [1.82, 2.24) is 20.4 Å². The third-order valence-corrected chi connectivity index (χ3v) is 4.24. The zero-order valence-corrected chi connectivity index (χ0v) is 15.0. The van der Waals surface area contributed by atoms with Gasteiger partial charge in [0.05, 0.1) is 0 Å². The topological polar surface area (TPSA) is 97.3 Å². The number of nitrogens with two attached hydrogens (primary N) is 1. The minimum atomic E-state index is -0.173. The minimum Gasteiger partial charge on any atom is -0.338 e.